The fraction of sp³-hybridized carbons (Fsp3) is 0.550. The monoisotopic (exact) mass is 439 g/mol. The largest absolute Gasteiger partial charge is 0.493 e. The number of carbonyl (C=O) groups is 1. The lowest BCUT2D eigenvalue weighted by Crippen LogP contribution is -2.40. The van der Waals surface area contributed by atoms with Crippen molar-refractivity contribution in [2.24, 2.45) is 5.73 Å². The Bertz CT molecular complexity index is 858. The maximum atomic E-state index is 12.7. The molecule has 3 N–H and O–H groups in total. The van der Waals surface area contributed by atoms with Crippen molar-refractivity contribution >= 4 is 18.3 Å². The summed E-state index contributed by atoms with van der Waals surface area (Å²) in [7, 11) is 3.18. The van der Waals surface area contributed by atoms with Crippen molar-refractivity contribution in [2.75, 3.05) is 27.4 Å². The third-order valence-electron chi connectivity index (χ3n) is 5.15. The van der Waals surface area contributed by atoms with E-state index in [-0.39, 0.29) is 43.5 Å². The van der Waals surface area contributed by atoms with Crippen molar-refractivity contribution in [1.29, 1.82) is 0 Å². The van der Waals surface area contributed by atoms with Crippen LogP contribution in [-0.2, 0) is 17.8 Å². The summed E-state index contributed by atoms with van der Waals surface area (Å²) in [6.07, 6.45) is 2.20. The Morgan fingerprint density at radius 1 is 1.33 bits per heavy atom. The van der Waals surface area contributed by atoms with Gasteiger partial charge in [-0.3, -0.25) is 4.79 Å². The average Bonchev–Trinajstić information content (AvgIpc) is 3.34. The predicted octanol–water partition coefficient (Wildman–Crippen LogP) is 1.31. The van der Waals surface area contributed by atoms with E-state index in [0.29, 0.717) is 36.1 Å². The van der Waals surface area contributed by atoms with Crippen LogP contribution in [0.5, 0.6) is 11.5 Å². The Labute approximate surface area is 182 Å². The smallest absolute Gasteiger partial charge is 0.244 e. The van der Waals surface area contributed by atoms with Gasteiger partial charge >= 0.3 is 0 Å². The predicted molar refractivity (Wildman–Crippen MR) is 114 cm³/mol. The first-order valence-corrected chi connectivity index (χ1v) is 9.77. The number of aliphatic hydroxyl groups is 1. The molecule has 0 aliphatic carbocycles. The Morgan fingerprint density at radius 3 is 2.70 bits per heavy atom. The molecule has 0 saturated carbocycles. The lowest BCUT2D eigenvalue weighted by atomic mass is 10.1. The number of nitrogens with two attached hydrogens (primary N) is 1. The number of amides is 1. The van der Waals surface area contributed by atoms with Crippen molar-refractivity contribution in [1.82, 2.24) is 19.7 Å². The zero-order valence-corrected chi connectivity index (χ0v) is 18.4. The maximum Gasteiger partial charge on any atom is 0.244 e. The summed E-state index contributed by atoms with van der Waals surface area (Å²) >= 11 is 0. The normalized spacial score (nSPS) is 16.8. The summed E-state index contributed by atoms with van der Waals surface area (Å²) in [6.45, 7) is 2.52. The first-order valence-electron chi connectivity index (χ1n) is 9.77. The highest BCUT2D eigenvalue weighted by molar-refractivity contribution is 5.85. The summed E-state index contributed by atoms with van der Waals surface area (Å²) in [5.74, 6) is 2.36. The van der Waals surface area contributed by atoms with Crippen molar-refractivity contribution in [3.63, 3.8) is 0 Å². The standard InChI is InChI=1S/C20H29N5O4.ClH/c1-13(21)20-22-18(10-14-6-7-16(28-2)17(9-14)29-3)23-25(20)11-19(27)24-8-4-5-15(24)12-26;/h6-7,9,13,15,26H,4-5,8,10-12,21H2,1-3H3;1H/t13-,15-;/m1./s1. The highest BCUT2D eigenvalue weighted by atomic mass is 35.5. The molecule has 0 unspecified atom stereocenters. The topological polar surface area (TPSA) is 116 Å². The van der Waals surface area contributed by atoms with E-state index < -0.39 is 0 Å². The van der Waals surface area contributed by atoms with Crippen molar-refractivity contribution in [3.05, 3.63) is 35.4 Å². The van der Waals surface area contributed by atoms with Gasteiger partial charge < -0.3 is 25.2 Å². The quantitative estimate of drug-likeness (QED) is 0.637. The fourth-order valence-electron chi connectivity index (χ4n) is 3.68. The number of carbonyl (C=O) groups excluding carboxylic acids is 1. The van der Waals surface area contributed by atoms with Crippen LogP contribution in [-0.4, -0.2) is 64.1 Å². The zero-order chi connectivity index (χ0) is 21.0. The van der Waals surface area contributed by atoms with Crippen molar-refractivity contribution < 1.29 is 19.4 Å². The number of aromatic nitrogens is 3. The van der Waals surface area contributed by atoms with Gasteiger partial charge in [0.25, 0.3) is 0 Å². The number of hydrogen-bond acceptors (Lipinski definition) is 7. The molecule has 2 atom stereocenters. The second-order valence-electron chi connectivity index (χ2n) is 7.26. The van der Waals surface area contributed by atoms with Crippen LogP contribution < -0.4 is 15.2 Å². The van der Waals surface area contributed by atoms with Gasteiger partial charge in [-0.1, -0.05) is 6.07 Å². The lowest BCUT2D eigenvalue weighted by molar-refractivity contribution is -0.133. The molecule has 1 fully saturated rings. The van der Waals surface area contributed by atoms with Gasteiger partial charge in [0.2, 0.25) is 5.91 Å². The van der Waals surface area contributed by atoms with Crippen molar-refractivity contribution in [2.45, 2.75) is 44.8 Å². The van der Waals surface area contributed by atoms with Crippen molar-refractivity contribution in [3.8, 4) is 11.5 Å². The van der Waals surface area contributed by atoms with E-state index in [1.165, 1.54) is 0 Å². The number of ether oxygens (including phenoxy) is 2. The number of halogens is 1. The molecule has 30 heavy (non-hydrogen) atoms. The number of hydrogen-bond donors (Lipinski definition) is 2. The molecule has 1 saturated heterocycles. The minimum Gasteiger partial charge on any atom is -0.493 e. The molecule has 1 aliphatic rings. The van der Waals surface area contributed by atoms with E-state index in [0.717, 1.165) is 18.4 Å². The molecule has 3 rings (SSSR count). The fourth-order valence-corrected chi connectivity index (χ4v) is 3.68. The molecule has 1 aromatic carbocycles. The summed E-state index contributed by atoms with van der Waals surface area (Å²) in [4.78, 5) is 19.0. The Hall–Kier alpha value is -2.36. The van der Waals surface area contributed by atoms with Crippen LogP contribution in [0.1, 0.15) is 43.0 Å². The maximum absolute atomic E-state index is 12.7. The van der Waals surface area contributed by atoms with Crippen LogP contribution >= 0.6 is 12.4 Å². The molecule has 166 valence electrons. The second-order valence-corrected chi connectivity index (χ2v) is 7.26. The van der Waals surface area contributed by atoms with E-state index in [2.05, 4.69) is 10.1 Å². The van der Waals surface area contributed by atoms with E-state index in [4.69, 9.17) is 15.2 Å². The number of likely N-dealkylation sites (tertiary alicyclic amines) is 1. The number of aliphatic hydroxyl groups excluding tert-OH is 1. The highest BCUT2D eigenvalue weighted by Crippen LogP contribution is 2.28. The van der Waals surface area contributed by atoms with E-state index in [1.807, 2.05) is 25.1 Å². The first kappa shape index (κ1) is 23.9. The van der Waals surface area contributed by atoms with Gasteiger partial charge in [0, 0.05) is 13.0 Å². The number of methoxy groups -OCH3 is 2. The van der Waals surface area contributed by atoms with E-state index in [9.17, 15) is 9.90 Å². The minimum absolute atomic E-state index is 0. The molecular formula is C20H30ClN5O4. The first-order chi connectivity index (χ1) is 14.0. The molecule has 1 amide bonds. The lowest BCUT2D eigenvalue weighted by Gasteiger charge is -2.23. The molecular weight excluding hydrogens is 410 g/mol. The third-order valence-corrected chi connectivity index (χ3v) is 5.15. The Morgan fingerprint density at radius 2 is 2.07 bits per heavy atom. The third kappa shape index (κ3) is 5.21. The van der Waals surface area contributed by atoms with Gasteiger partial charge in [-0.05, 0) is 37.5 Å². The molecule has 2 aromatic rings. The number of rotatable bonds is 8. The summed E-state index contributed by atoms with van der Waals surface area (Å²) in [6, 6.07) is 5.17. The second kappa shape index (κ2) is 10.6. The molecule has 0 radical (unpaired) electrons. The summed E-state index contributed by atoms with van der Waals surface area (Å²) < 4.78 is 12.2. The molecule has 0 spiro atoms. The van der Waals surface area contributed by atoms with Crippen LogP contribution in [0, 0.1) is 0 Å². The van der Waals surface area contributed by atoms with Crippen LogP contribution in [0.25, 0.3) is 0 Å². The van der Waals surface area contributed by atoms with Gasteiger partial charge in [0.05, 0.1) is 32.9 Å². The van der Waals surface area contributed by atoms with E-state index >= 15 is 0 Å². The van der Waals surface area contributed by atoms with Crippen LogP contribution in [0.4, 0.5) is 0 Å². The van der Waals surface area contributed by atoms with Gasteiger partial charge in [-0.15, -0.1) is 12.4 Å². The number of benzene rings is 1. The van der Waals surface area contributed by atoms with Crippen LogP contribution in [0.3, 0.4) is 0 Å². The van der Waals surface area contributed by atoms with Crippen LogP contribution in [0.15, 0.2) is 18.2 Å². The average molecular weight is 440 g/mol. The minimum atomic E-state index is -0.360. The van der Waals surface area contributed by atoms with Crippen LogP contribution in [0.2, 0.25) is 0 Å². The zero-order valence-electron chi connectivity index (χ0n) is 17.6. The SMILES string of the molecule is COc1ccc(Cc2nc([C@@H](C)N)n(CC(=O)N3CCC[C@@H]3CO)n2)cc1OC.Cl. The molecule has 1 aliphatic heterocycles. The number of nitrogens with zero attached hydrogens (tertiary/aromatic N) is 4. The van der Waals surface area contributed by atoms with E-state index in [1.54, 1.807) is 23.8 Å². The summed E-state index contributed by atoms with van der Waals surface area (Å²) in [5.41, 5.74) is 7.02. The Balaban J connectivity index is 0.00000320. The molecule has 2 heterocycles. The summed E-state index contributed by atoms with van der Waals surface area (Å²) in [5, 5.41) is 14.0. The van der Waals surface area contributed by atoms with Gasteiger partial charge in [-0.25, -0.2) is 9.67 Å². The molecule has 0 bridgehead atoms. The molecule has 10 heteroatoms. The highest BCUT2D eigenvalue weighted by Gasteiger charge is 2.29. The Kier molecular flexibility index (Phi) is 8.45. The van der Waals surface area contributed by atoms with Gasteiger partial charge in [-0.2, -0.15) is 5.10 Å². The van der Waals surface area contributed by atoms with Gasteiger partial charge in [0.15, 0.2) is 17.3 Å². The molecule has 9 nitrogen and oxygen atoms in total. The molecule has 1 aromatic heterocycles. The van der Waals surface area contributed by atoms with Gasteiger partial charge in [0.1, 0.15) is 12.4 Å².